The van der Waals surface area contributed by atoms with E-state index in [-0.39, 0.29) is 11.8 Å². The molecular formula is C21H29N3O2. The molecule has 26 heavy (non-hydrogen) atoms. The van der Waals surface area contributed by atoms with Crippen LogP contribution in [0.15, 0.2) is 42.7 Å². The lowest BCUT2D eigenvalue weighted by molar-refractivity contribution is -0.158. The molecule has 1 aliphatic carbocycles. The Kier molecular flexibility index (Phi) is 5.77. The van der Waals surface area contributed by atoms with Crippen molar-refractivity contribution in [2.45, 2.75) is 51.2 Å². The van der Waals surface area contributed by atoms with Crippen molar-refractivity contribution in [2.24, 2.45) is 5.92 Å². The summed E-state index contributed by atoms with van der Waals surface area (Å²) in [6, 6.07) is 9.45. The smallest absolute Gasteiger partial charge is 0.259 e. The van der Waals surface area contributed by atoms with Crippen LogP contribution in [-0.4, -0.2) is 39.1 Å². The summed E-state index contributed by atoms with van der Waals surface area (Å²) in [5.41, 5.74) is -0.702. The SMILES string of the molecule is Cc1nccn1CCCN(C)C(=O)C(O)(c1ccccc1)C1CCCC1. The molecule has 1 fully saturated rings. The van der Waals surface area contributed by atoms with Gasteiger partial charge < -0.3 is 14.6 Å². The van der Waals surface area contributed by atoms with Crippen molar-refractivity contribution in [2.75, 3.05) is 13.6 Å². The number of carbonyl (C=O) groups excluding carboxylic acids is 1. The van der Waals surface area contributed by atoms with Crippen LogP contribution in [0, 0.1) is 12.8 Å². The summed E-state index contributed by atoms with van der Waals surface area (Å²) in [5, 5.41) is 11.5. The third-order valence-corrected chi connectivity index (χ3v) is 5.65. The first-order chi connectivity index (χ1) is 12.5. The maximum absolute atomic E-state index is 13.3. The zero-order chi connectivity index (χ0) is 18.6. The number of aryl methyl sites for hydroxylation is 2. The third-order valence-electron chi connectivity index (χ3n) is 5.65. The van der Waals surface area contributed by atoms with Gasteiger partial charge in [-0.15, -0.1) is 0 Å². The zero-order valence-corrected chi connectivity index (χ0v) is 15.8. The zero-order valence-electron chi connectivity index (χ0n) is 15.8. The van der Waals surface area contributed by atoms with Crippen molar-refractivity contribution in [3.8, 4) is 0 Å². The van der Waals surface area contributed by atoms with E-state index in [0.29, 0.717) is 12.1 Å². The van der Waals surface area contributed by atoms with Gasteiger partial charge in [0.15, 0.2) is 5.60 Å². The van der Waals surface area contributed by atoms with E-state index in [4.69, 9.17) is 0 Å². The summed E-state index contributed by atoms with van der Waals surface area (Å²) < 4.78 is 2.08. The quantitative estimate of drug-likeness (QED) is 0.830. The van der Waals surface area contributed by atoms with Gasteiger partial charge in [-0.1, -0.05) is 43.2 Å². The van der Waals surface area contributed by atoms with Crippen LogP contribution in [0.5, 0.6) is 0 Å². The van der Waals surface area contributed by atoms with Gasteiger partial charge in [0.05, 0.1) is 0 Å². The van der Waals surface area contributed by atoms with Gasteiger partial charge in [-0.3, -0.25) is 4.79 Å². The molecule has 5 heteroatoms. The molecule has 1 aliphatic rings. The van der Waals surface area contributed by atoms with Crippen LogP contribution in [0.2, 0.25) is 0 Å². The van der Waals surface area contributed by atoms with E-state index < -0.39 is 5.60 Å². The molecule has 140 valence electrons. The average Bonchev–Trinajstić information content (AvgIpc) is 3.33. The third kappa shape index (κ3) is 3.68. The van der Waals surface area contributed by atoms with E-state index in [0.717, 1.165) is 44.5 Å². The second-order valence-corrected chi connectivity index (χ2v) is 7.36. The van der Waals surface area contributed by atoms with Gasteiger partial charge in [-0.05, 0) is 31.7 Å². The minimum atomic E-state index is -1.42. The van der Waals surface area contributed by atoms with Crippen molar-refractivity contribution in [3.05, 3.63) is 54.1 Å². The van der Waals surface area contributed by atoms with Gasteiger partial charge in [0.1, 0.15) is 5.82 Å². The monoisotopic (exact) mass is 355 g/mol. The number of aliphatic hydroxyl groups is 1. The van der Waals surface area contributed by atoms with Crippen LogP contribution in [0.1, 0.15) is 43.5 Å². The summed E-state index contributed by atoms with van der Waals surface area (Å²) in [5.74, 6) is 0.791. The number of aromatic nitrogens is 2. The molecule has 0 saturated heterocycles. The first-order valence-corrected chi connectivity index (χ1v) is 9.54. The second-order valence-electron chi connectivity index (χ2n) is 7.36. The first kappa shape index (κ1) is 18.6. The highest BCUT2D eigenvalue weighted by molar-refractivity contribution is 5.86. The molecule has 1 N–H and O–H groups in total. The van der Waals surface area contributed by atoms with E-state index in [9.17, 15) is 9.90 Å². The number of nitrogens with zero attached hydrogens (tertiary/aromatic N) is 3. The lowest BCUT2D eigenvalue weighted by atomic mass is 9.79. The fourth-order valence-corrected chi connectivity index (χ4v) is 4.08. The van der Waals surface area contributed by atoms with Gasteiger partial charge in [-0.25, -0.2) is 4.98 Å². The maximum atomic E-state index is 13.3. The second kappa shape index (κ2) is 8.04. The Balaban J connectivity index is 1.71. The predicted molar refractivity (Wildman–Crippen MR) is 102 cm³/mol. The van der Waals surface area contributed by atoms with Gasteiger partial charge in [0.25, 0.3) is 5.91 Å². The molecule has 0 bridgehead atoms. The lowest BCUT2D eigenvalue weighted by Crippen LogP contribution is -2.50. The molecule has 1 amide bonds. The van der Waals surface area contributed by atoms with Crippen LogP contribution in [-0.2, 0) is 16.9 Å². The van der Waals surface area contributed by atoms with Gasteiger partial charge >= 0.3 is 0 Å². The molecule has 1 aromatic heterocycles. The molecule has 0 aliphatic heterocycles. The summed E-state index contributed by atoms with van der Waals surface area (Å²) in [4.78, 5) is 19.2. The van der Waals surface area contributed by atoms with Crippen molar-refractivity contribution in [1.29, 1.82) is 0 Å². The largest absolute Gasteiger partial charge is 0.375 e. The van der Waals surface area contributed by atoms with E-state index in [1.54, 1.807) is 18.1 Å². The Morgan fingerprint density at radius 3 is 2.62 bits per heavy atom. The maximum Gasteiger partial charge on any atom is 0.259 e. The highest BCUT2D eigenvalue weighted by atomic mass is 16.3. The number of rotatable bonds is 7. The predicted octanol–water partition coefficient (Wildman–Crippen LogP) is 3.12. The Morgan fingerprint density at radius 1 is 1.31 bits per heavy atom. The Hall–Kier alpha value is -2.14. The van der Waals surface area contributed by atoms with E-state index in [1.165, 1.54) is 0 Å². The Labute approximate surface area is 155 Å². The number of benzene rings is 1. The Morgan fingerprint density at radius 2 is 2.00 bits per heavy atom. The molecule has 2 aromatic rings. The van der Waals surface area contributed by atoms with E-state index >= 15 is 0 Å². The molecule has 5 nitrogen and oxygen atoms in total. The summed E-state index contributed by atoms with van der Waals surface area (Å²) in [6.07, 6.45) is 8.54. The van der Waals surface area contributed by atoms with Crippen LogP contribution in [0.25, 0.3) is 0 Å². The van der Waals surface area contributed by atoms with E-state index in [2.05, 4.69) is 9.55 Å². The summed E-state index contributed by atoms with van der Waals surface area (Å²) in [7, 11) is 1.80. The Bertz CT molecular complexity index is 722. The molecule has 1 atom stereocenters. The van der Waals surface area contributed by atoms with Crippen LogP contribution in [0.4, 0.5) is 0 Å². The lowest BCUT2D eigenvalue weighted by Gasteiger charge is -2.36. The molecule has 1 saturated carbocycles. The topological polar surface area (TPSA) is 58.4 Å². The molecule has 1 unspecified atom stereocenters. The fraction of sp³-hybridized carbons (Fsp3) is 0.524. The highest BCUT2D eigenvalue weighted by Gasteiger charge is 2.47. The van der Waals surface area contributed by atoms with Crippen molar-refractivity contribution in [1.82, 2.24) is 14.5 Å². The average molecular weight is 355 g/mol. The fourth-order valence-electron chi connectivity index (χ4n) is 4.08. The highest BCUT2D eigenvalue weighted by Crippen LogP contribution is 2.41. The summed E-state index contributed by atoms with van der Waals surface area (Å²) in [6.45, 7) is 3.40. The van der Waals surface area contributed by atoms with Crippen LogP contribution < -0.4 is 0 Å². The minimum Gasteiger partial charge on any atom is -0.375 e. The molecule has 3 rings (SSSR count). The normalized spacial score (nSPS) is 17.2. The number of amides is 1. The number of hydrogen-bond donors (Lipinski definition) is 1. The van der Waals surface area contributed by atoms with Gasteiger partial charge in [-0.2, -0.15) is 0 Å². The van der Waals surface area contributed by atoms with Crippen molar-refractivity contribution in [3.63, 3.8) is 0 Å². The number of carbonyl (C=O) groups is 1. The van der Waals surface area contributed by atoms with Gasteiger partial charge in [0, 0.05) is 38.4 Å². The van der Waals surface area contributed by atoms with Crippen molar-refractivity contribution < 1.29 is 9.90 Å². The van der Waals surface area contributed by atoms with E-state index in [1.807, 2.05) is 43.5 Å². The van der Waals surface area contributed by atoms with Crippen molar-refractivity contribution >= 4 is 5.91 Å². The molecular weight excluding hydrogens is 326 g/mol. The number of hydrogen-bond acceptors (Lipinski definition) is 3. The number of likely N-dealkylation sites (N-methyl/N-ethyl adjacent to an activating group) is 1. The first-order valence-electron chi connectivity index (χ1n) is 9.54. The number of imidazole rings is 1. The molecule has 0 radical (unpaired) electrons. The van der Waals surface area contributed by atoms with Gasteiger partial charge in [0.2, 0.25) is 0 Å². The minimum absolute atomic E-state index is 0.00394. The standard InChI is InChI=1S/C21H29N3O2/c1-17-22-13-16-24(17)15-8-14-23(2)20(25)21(26,19-11-6-7-12-19)18-9-4-3-5-10-18/h3-5,9-10,13,16,19,26H,6-8,11-12,14-15H2,1-2H3. The van der Waals surface area contributed by atoms with Crippen LogP contribution >= 0.6 is 0 Å². The molecule has 1 heterocycles. The summed E-state index contributed by atoms with van der Waals surface area (Å²) >= 11 is 0. The van der Waals surface area contributed by atoms with Crippen LogP contribution in [0.3, 0.4) is 0 Å². The molecule has 0 spiro atoms. The molecule has 1 aromatic carbocycles.